The number of rotatable bonds is 14. The molecule has 46 heavy (non-hydrogen) atoms. The highest BCUT2D eigenvalue weighted by Gasteiger charge is 2.22. The lowest BCUT2D eigenvalue weighted by molar-refractivity contribution is -0.132. The van der Waals surface area contributed by atoms with Crippen LogP contribution in [0.3, 0.4) is 0 Å². The topological polar surface area (TPSA) is 90.2 Å². The van der Waals surface area contributed by atoms with Crippen LogP contribution in [-0.2, 0) is 35.8 Å². The van der Waals surface area contributed by atoms with E-state index in [2.05, 4.69) is 0 Å². The number of hydrogen-bond donors (Lipinski definition) is 1. The molecule has 0 atom stereocenters. The van der Waals surface area contributed by atoms with Crippen molar-refractivity contribution in [1.82, 2.24) is 9.47 Å². The molecule has 236 valence electrons. The second-order valence-electron chi connectivity index (χ2n) is 11.1. The SMILES string of the molecule is COc1ccc(COc2ccc3c(c2)c(/C=C(\C)C(=O)O)c(OCc2ccccc2)n3CC(=O)N(C)CCc2ccccc2)cc1. The van der Waals surface area contributed by atoms with Gasteiger partial charge in [0.15, 0.2) is 0 Å². The van der Waals surface area contributed by atoms with E-state index in [1.165, 1.54) is 0 Å². The highest BCUT2D eigenvalue weighted by atomic mass is 16.5. The molecule has 0 saturated carbocycles. The van der Waals surface area contributed by atoms with Gasteiger partial charge in [-0.15, -0.1) is 0 Å². The van der Waals surface area contributed by atoms with Gasteiger partial charge in [-0.1, -0.05) is 72.8 Å². The molecule has 0 spiro atoms. The maximum absolute atomic E-state index is 13.6. The van der Waals surface area contributed by atoms with Crippen LogP contribution >= 0.6 is 0 Å². The van der Waals surface area contributed by atoms with Crippen LogP contribution in [-0.4, -0.2) is 47.2 Å². The van der Waals surface area contributed by atoms with Crippen molar-refractivity contribution >= 4 is 28.9 Å². The van der Waals surface area contributed by atoms with Crippen molar-refractivity contribution < 1.29 is 28.9 Å². The Morgan fingerprint density at radius 2 is 1.41 bits per heavy atom. The molecule has 0 saturated heterocycles. The lowest BCUT2D eigenvalue weighted by Crippen LogP contribution is -2.32. The van der Waals surface area contributed by atoms with E-state index in [0.29, 0.717) is 30.3 Å². The van der Waals surface area contributed by atoms with Crippen LogP contribution in [0.1, 0.15) is 29.2 Å². The van der Waals surface area contributed by atoms with E-state index in [0.717, 1.165) is 39.8 Å². The van der Waals surface area contributed by atoms with Gasteiger partial charge in [-0.05, 0) is 66.4 Å². The summed E-state index contributed by atoms with van der Waals surface area (Å²) in [5, 5.41) is 10.5. The highest BCUT2D eigenvalue weighted by molar-refractivity contribution is 6.00. The third-order valence-electron chi connectivity index (χ3n) is 7.80. The summed E-state index contributed by atoms with van der Waals surface area (Å²) in [5.74, 6) is 0.641. The molecule has 5 aromatic rings. The molecule has 0 radical (unpaired) electrons. The number of aliphatic carboxylic acids is 1. The molecule has 0 aliphatic rings. The lowest BCUT2D eigenvalue weighted by Gasteiger charge is -2.19. The number of fused-ring (bicyclic) bond motifs is 1. The van der Waals surface area contributed by atoms with Gasteiger partial charge in [0, 0.05) is 30.1 Å². The summed E-state index contributed by atoms with van der Waals surface area (Å²) >= 11 is 0. The van der Waals surface area contributed by atoms with E-state index in [1.807, 2.05) is 108 Å². The molecule has 0 aliphatic heterocycles. The molecule has 0 fully saturated rings. The third-order valence-corrected chi connectivity index (χ3v) is 7.80. The van der Waals surface area contributed by atoms with E-state index < -0.39 is 5.97 Å². The van der Waals surface area contributed by atoms with Gasteiger partial charge in [0.25, 0.3) is 0 Å². The number of methoxy groups -OCH3 is 1. The molecule has 1 amide bonds. The minimum absolute atomic E-state index is 0.0118. The summed E-state index contributed by atoms with van der Waals surface area (Å²) in [6.45, 7) is 2.67. The summed E-state index contributed by atoms with van der Waals surface area (Å²) in [5.41, 5.74) is 4.50. The standard InChI is InChI=1S/C38H38N2O6/c1-27(38(42)43)22-34-33-23-32(45-25-30-14-16-31(44-3)17-15-30)18-19-35(33)40(37(34)46-26-29-12-8-5-9-13-29)24-36(41)39(2)21-20-28-10-6-4-7-11-28/h4-19,22-23H,20-21,24-26H2,1-3H3,(H,42,43)/b27-22+. The molecule has 1 aromatic heterocycles. The van der Waals surface area contributed by atoms with E-state index >= 15 is 0 Å². The van der Waals surface area contributed by atoms with Crippen molar-refractivity contribution in [2.45, 2.75) is 33.1 Å². The van der Waals surface area contributed by atoms with Crippen molar-refractivity contribution in [2.24, 2.45) is 0 Å². The Labute approximate surface area is 269 Å². The number of carbonyl (C=O) groups excluding carboxylic acids is 1. The summed E-state index contributed by atoms with van der Waals surface area (Å²) in [6.07, 6.45) is 2.33. The average molecular weight is 619 g/mol. The fourth-order valence-electron chi connectivity index (χ4n) is 5.09. The van der Waals surface area contributed by atoms with Crippen LogP contribution < -0.4 is 14.2 Å². The van der Waals surface area contributed by atoms with Gasteiger partial charge in [-0.2, -0.15) is 0 Å². The van der Waals surface area contributed by atoms with Crippen molar-refractivity contribution in [1.29, 1.82) is 0 Å². The van der Waals surface area contributed by atoms with E-state index in [4.69, 9.17) is 14.2 Å². The van der Waals surface area contributed by atoms with Gasteiger partial charge in [0.05, 0.1) is 12.6 Å². The highest BCUT2D eigenvalue weighted by Crippen LogP contribution is 2.37. The average Bonchev–Trinajstić information content (AvgIpc) is 3.36. The minimum Gasteiger partial charge on any atom is -0.497 e. The van der Waals surface area contributed by atoms with Gasteiger partial charge in [0.1, 0.15) is 31.3 Å². The van der Waals surface area contributed by atoms with Gasteiger partial charge in [-0.25, -0.2) is 4.79 Å². The summed E-state index contributed by atoms with van der Waals surface area (Å²) in [7, 11) is 3.42. The number of benzene rings is 4. The lowest BCUT2D eigenvalue weighted by atomic mass is 10.1. The van der Waals surface area contributed by atoms with E-state index in [9.17, 15) is 14.7 Å². The van der Waals surface area contributed by atoms with Crippen molar-refractivity contribution in [3.8, 4) is 17.4 Å². The maximum atomic E-state index is 13.6. The summed E-state index contributed by atoms with van der Waals surface area (Å²) in [4.78, 5) is 27.3. The van der Waals surface area contributed by atoms with E-state index in [-0.39, 0.29) is 24.6 Å². The molecule has 8 nitrogen and oxygen atoms in total. The van der Waals surface area contributed by atoms with Crippen LogP contribution in [0, 0.1) is 0 Å². The largest absolute Gasteiger partial charge is 0.497 e. The fraction of sp³-hybridized carbons (Fsp3) is 0.211. The summed E-state index contributed by atoms with van der Waals surface area (Å²) in [6, 6.07) is 33.0. The van der Waals surface area contributed by atoms with Gasteiger partial charge < -0.3 is 28.8 Å². The number of hydrogen-bond acceptors (Lipinski definition) is 5. The smallest absolute Gasteiger partial charge is 0.331 e. The zero-order valence-corrected chi connectivity index (χ0v) is 26.3. The number of amides is 1. The Kier molecular flexibility index (Phi) is 10.4. The molecular weight excluding hydrogens is 580 g/mol. The molecule has 8 heteroatoms. The normalized spacial score (nSPS) is 11.3. The molecule has 0 bridgehead atoms. The first kappa shape index (κ1) is 31.9. The molecule has 0 unspecified atom stereocenters. The Bertz CT molecular complexity index is 1810. The number of ether oxygens (including phenoxy) is 3. The van der Waals surface area contributed by atoms with Crippen LogP contribution in [0.15, 0.2) is 109 Å². The zero-order valence-electron chi connectivity index (χ0n) is 26.3. The van der Waals surface area contributed by atoms with Crippen molar-refractivity contribution in [3.63, 3.8) is 0 Å². The first-order valence-electron chi connectivity index (χ1n) is 15.1. The second-order valence-corrected chi connectivity index (χ2v) is 11.1. The first-order valence-corrected chi connectivity index (χ1v) is 15.1. The fourth-order valence-corrected chi connectivity index (χ4v) is 5.09. The predicted molar refractivity (Wildman–Crippen MR) is 179 cm³/mol. The number of nitrogens with zero attached hydrogens (tertiary/aromatic N) is 2. The number of carbonyl (C=O) groups is 2. The molecule has 0 aliphatic carbocycles. The Morgan fingerprint density at radius 1 is 0.804 bits per heavy atom. The number of carboxylic acid groups (broad SMARTS) is 1. The van der Waals surface area contributed by atoms with Gasteiger partial charge in [0.2, 0.25) is 11.8 Å². The van der Waals surface area contributed by atoms with Gasteiger partial charge in [-0.3, -0.25) is 4.79 Å². The predicted octanol–water partition coefficient (Wildman–Crippen LogP) is 7.00. The maximum Gasteiger partial charge on any atom is 0.331 e. The molecule has 4 aromatic carbocycles. The quantitative estimate of drug-likeness (QED) is 0.135. The van der Waals surface area contributed by atoms with Crippen LogP contribution in [0.25, 0.3) is 17.0 Å². The van der Waals surface area contributed by atoms with Crippen LogP contribution in [0.4, 0.5) is 0 Å². The second kappa shape index (κ2) is 15.0. The molecule has 5 rings (SSSR count). The monoisotopic (exact) mass is 618 g/mol. The first-order chi connectivity index (χ1) is 22.3. The number of likely N-dealkylation sites (N-methyl/N-ethyl adjacent to an activating group) is 1. The third kappa shape index (κ3) is 7.95. The van der Waals surface area contributed by atoms with Crippen LogP contribution in [0.2, 0.25) is 0 Å². The van der Waals surface area contributed by atoms with Crippen LogP contribution in [0.5, 0.6) is 17.4 Å². The Balaban J connectivity index is 1.50. The van der Waals surface area contributed by atoms with Gasteiger partial charge >= 0.3 is 5.97 Å². The Morgan fingerprint density at radius 3 is 2.07 bits per heavy atom. The molecular formula is C38H38N2O6. The number of carboxylic acids is 1. The Hall–Kier alpha value is -5.50. The van der Waals surface area contributed by atoms with Crippen molar-refractivity contribution in [3.05, 3.63) is 131 Å². The minimum atomic E-state index is -1.04. The molecule has 1 heterocycles. The van der Waals surface area contributed by atoms with E-state index in [1.54, 1.807) is 32.1 Å². The summed E-state index contributed by atoms with van der Waals surface area (Å²) < 4.78 is 19.6. The van der Waals surface area contributed by atoms with Crippen molar-refractivity contribution in [2.75, 3.05) is 20.7 Å². The zero-order chi connectivity index (χ0) is 32.5. The molecule has 1 N–H and O–H groups in total. The number of aromatic nitrogens is 1.